The van der Waals surface area contributed by atoms with Crippen molar-refractivity contribution in [3.63, 3.8) is 0 Å². The van der Waals surface area contributed by atoms with Gasteiger partial charge in [0, 0.05) is 11.1 Å². The third-order valence-electron chi connectivity index (χ3n) is 3.31. The fourth-order valence-electron chi connectivity index (χ4n) is 2.23. The van der Waals surface area contributed by atoms with Crippen LogP contribution in [0.2, 0.25) is 10.0 Å². The third-order valence-corrected chi connectivity index (χ3v) is 3.97. The first-order valence-electron chi connectivity index (χ1n) is 7.01. The molecule has 2 N–H and O–H groups in total. The molecule has 23 heavy (non-hydrogen) atoms. The summed E-state index contributed by atoms with van der Waals surface area (Å²) in [5, 5.41) is 20.7. The van der Waals surface area contributed by atoms with E-state index < -0.39 is 0 Å². The number of nitrogens with zero attached hydrogens (tertiary/aromatic N) is 3. The molecule has 0 aromatic heterocycles. The summed E-state index contributed by atoms with van der Waals surface area (Å²) in [4.78, 5) is 0. The smallest absolute Gasteiger partial charge is 0.178 e. The van der Waals surface area contributed by atoms with Crippen molar-refractivity contribution >= 4 is 34.9 Å². The number of rotatable bonds is 4. The van der Waals surface area contributed by atoms with Gasteiger partial charge in [-0.3, -0.25) is 10.4 Å². The summed E-state index contributed by atoms with van der Waals surface area (Å²) < 4.78 is 0. The van der Waals surface area contributed by atoms with Crippen molar-refractivity contribution < 1.29 is 5.11 Å². The lowest BCUT2D eigenvalue weighted by molar-refractivity contribution is 0.234. The lowest BCUT2D eigenvalue weighted by atomic mass is 10.2. The van der Waals surface area contributed by atoms with Gasteiger partial charge in [0.15, 0.2) is 11.7 Å². The lowest BCUT2D eigenvalue weighted by Gasteiger charge is -2.30. The van der Waals surface area contributed by atoms with Crippen LogP contribution in [0.15, 0.2) is 58.7 Å². The average Bonchev–Trinajstić information content (AvgIpc) is 2.56. The van der Waals surface area contributed by atoms with E-state index in [0.29, 0.717) is 28.3 Å². The van der Waals surface area contributed by atoms with Gasteiger partial charge in [-0.1, -0.05) is 47.5 Å². The Kier molecular flexibility index (Phi) is 4.81. The van der Waals surface area contributed by atoms with Crippen molar-refractivity contribution in [1.82, 2.24) is 10.4 Å². The molecule has 0 unspecified atom stereocenters. The maximum Gasteiger partial charge on any atom is 0.178 e. The van der Waals surface area contributed by atoms with Crippen molar-refractivity contribution in [3.8, 4) is 0 Å². The number of hydrogen-bond acceptors (Lipinski definition) is 5. The van der Waals surface area contributed by atoms with Crippen molar-refractivity contribution in [2.45, 2.75) is 0 Å². The minimum absolute atomic E-state index is 0.0493. The number of hydrazine groups is 1. The van der Waals surface area contributed by atoms with Gasteiger partial charge in [0.25, 0.3) is 0 Å². The maximum absolute atomic E-state index is 9.33. The number of hydrogen-bond donors (Lipinski definition) is 2. The Morgan fingerprint density at radius 2 is 1.52 bits per heavy atom. The Morgan fingerprint density at radius 1 is 0.913 bits per heavy atom. The minimum Gasteiger partial charge on any atom is -0.394 e. The summed E-state index contributed by atoms with van der Waals surface area (Å²) in [5.41, 5.74) is 4.61. The average molecular weight is 349 g/mol. The maximum atomic E-state index is 9.33. The highest BCUT2D eigenvalue weighted by atomic mass is 35.5. The van der Waals surface area contributed by atoms with Crippen LogP contribution in [0.1, 0.15) is 11.1 Å². The number of amidine groups is 2. The van der Waals surface area contributed by atoms with Gasteiger partial charge in [-0.05, 0) is 24.3 Å². The van der Waals surface area contributed by atoms with Crippen LogP contribution in [-0.4, -0.2) is 34.9 Å². The lowest BCUT2D eigenvalue weighted by Crippen LogP contribution is -2.50. The molecule has 0 atom stereocenters. The molecule has 2 aromatic rings. The summed E-state index contributed by atoms with van der Waals surface area (Å²) in [6.07, 6.45) is 0. The fourth-order valence-corrected chi connectivity index (χ4v) is 2.67. The fraction of sp³-hybridized carbons (Fsp3) is 0.125. The molecule has 0 saturated heterocycles. The second-order valence-electron chi connectivity index (χ2n) is 4.82. The Morgan fingerprint density at radius 3 is 2.13 bits per heavy atom. The Hall–Kier alpha value is -2.08. The van der Waals surface area contributed by atoms with Gasteiger partial charge in [0.05, 0.1) is 23.2 Å². The van der Waals surface area contributed by atoms with Crippen LogP contribution in [0.25, 0.3) is 0 Å². The second-order valence-corrected chi connectivity index (χ2v) is 5.63. The Labute approximate surface area is 143 Å². The zero-order chi connectivity index (χ0) is 16.2. The van der Waals surface area contributed by atoms with E-state index in [2.05, 4.69) is 15.6 Å². The molecular weight excluding hydrogens is 335 g/mol. The van der Waals surface area contributed by atoms with Crippen LogP contribution in [-0.2, 0) is 0 Å². The highest BCUT2D eigenvalue weighted by molar-refractivity contribution is 6.35. The number of aliphatic hydroxyl groups excluding tert-OH is 1. The first-order valence-corrected chi connectivity index (χ1v) is 7.77. The number of aliphatic hydroxyl groups is 1. The summed E-state index contributed by atoms with van der Waals surface area (Å²) in [7, 11) is 0. The summed E-state index contributed by atoms with van der Waals surface area (Å²) >= 11 is 12.4. The Balaban J connectivity index is 2.02. The van der Waals surface area contributed by atoms with Gasteiger partial charge < -0.3 is 5.11 Å². The first-order chi connectivity index (χ1) is 11.2. The topological polar surface area (TPSA) is 60.2 Å². The van der Waals surface area contributed by atoms with Crippen LogP contribution in [0.3, 0.4) is 0 Å². The molecule has 5 nitrogen and oxygen atoms in total. The normalized spacial score (nSPS) is 14.1. The van der Waals surface area contributed by atoms with Crippen molar-refractivity contribution in [1.29, 1.82) is 0 Å². The largest absolute Gasteiger partial charge is 0.394 e. The van der Waals surface area contributed by atoms with Crippen LogP contribution in [0.4, 0.5) is 0 Å². The first kappa shape index (κ1) is 15.8. The molecule has 0 spiro atoms. The van der Waals surface area contributed by atoms with Crippen LogP contribution < -0.4 is 5.43 Å². The molecule has 0 bridgehead atoms. The van der Waals surface area contributed by atoms with Gasteiger partial charge in [0.2, 0.25) is 0 Å². The van der Waals surface area contributed by atoms with Crippen molar-refractivity contribution in [3.05, 3.63) is 69.7 Å². The van der Waals surface area contributed by atoms with Gasteiger partial charge in [-0.15, -0.1) is 10.2 Å². The molecule has 1 heterocycles. The molecule has 0 radical (unpaired) electrons. The summed E-state index contributed by atoms with van der Waals surface area (Å²) in [5.74, 6) is 1.06. The standard InChI is InChI=1S/C16H14Cl2N4O/c17-13-7-3-1-5-11(13)15-19-20-16(22(21-15)9-10-23)12-6-2-4-8-14(12)18/h1-8,23H,9-10H2,(H,19,21). The van der Waals surface area contributed by atoms with Gasteiger partial charge >= 0.3 is 0 Å². The summed E-state index contributed by atoms with van der Waals surface area (Å²) in [6, 6.07) is 14.7. The van der Waals surface area contributed by atoms with E-state index in [1.54, 1.807) is 17.1 Å². The van der Waals surface area contributed by atoms with E-state index in [0.717, 1.165) is 11.1 Å². The van der Waals surface area contributed by atoms with E-state index in [1.807, 2.05) is 36.4 Å². The minimum atomic E-state index is -0.0493. The second kappa shape index (κ2) is 7.00. The number of β-amino-alcohol motifs (C(OH)–C–C–N with tert-alkyl or cyclic N) is 1. The zero-order valence-corrected chi connectivity index (χ0v) is 13.6. The van der Waals surface area contributed by atoms with E-state index in [-0.39, 0.29) is 6.61 Å². The number of benzene rings is 2. The highest BCUT2D eigenvalue weighted by Gasteiger charge is 2.22. The SMILES string of the molecule is OCCN1NC(c2ccccc2Cl)=NN=C1c1ccccc1Cl. The molecule has 3 rings (SSSR count). The molecule has 7 heteroatoms. The van der Waals surface area contributed by atoms with Crippen LogP contribution in [0.5, 0.6) is 0 Å². The van der Waals surface area contributed by atoms with Crippen molar-refractivity contribution in [2.75, 3.05) is 13.2 Å². The van der Waals surface area contributed by atoms with Crippen molar-refractivity contribution in [2.24, 2.45) is 10.2 Å². The molecule has 118 valence electrons. The molecular formula is C16H14Cl2N4O. The van der Waals surface area contributed by atoms with E-state index in [9.17, 15) is 5.11 Å². The van der Waals surface area contributed by atoms with E-state index in [1.165, 1.54) is 0 Å². The molecule has 2 aromatic carbocycles. The molecule has 1 aliphatic rings. The molecule has 0 saturated carbocycles. The Bertz CT molecular complexity index is 776. The monoisotopic (exact) mass is 348 g/mol. The molecule has 0 aliphatic carbocycles. The number of halogens is 2. The molecule has 1 aliphatic heterocycles. The summed E-state index contributed by atoms with van der Waals surface area (Å²) in [6.45, 7) is 0.278. The van der Waals surface area contributed by atoms with Gasteiger partial charge in [-0.2, -0.15) is 0 Å². The van der Waals surface area contributed by atoms with E-state index >= 15 is 0 Å². The van der Waals surface area contributed by atoms with E-state index in [4.69, 9.17) is 23.2 Å². The van der Waals surface area contributed by atoms with Gasteiger partial charge in [0.1, 0.15) is 0 Å². The van der Waals surface area contributed by atoms with Crippen LogP contribution in [0, 0.1) is 0 Å². The molecule has 0 fully saturated rings. The quantitative estimate of drug-likeness (QED) is 0.892. The number of nitrogens with one attached hydrogen (secondary N) is 1. The predicted molar refractivity (Wildman–Crippen MR) is 92.9 cm³/mol. The zero-order valence-electron chi connectivity index (χ0n) is 12.1. The molecule has 0 amide bonds. The predicted octanol–water partition coefficient (Wildman–Crippen LogP) is 2.91. The van der Waals surface area contributed by atoms with Crippen LogP contribution >= 0.6 is 23.2 Å². The highest BCUT2D eigenvalue weighted by Crippen LogP contribution is 2.21. The third kappa shape index (κ3) is 3.32. The van der Waals surface area contributed by atoms with Gasteiger partial charge in [-0.25, -0.2) is 0 Å².